The standard InChI is InChI=1S/C19H24O5/c1-9(2)18(21)23-8-12-5-6-13-10(3)19(22)24-17(13)16-11(4)15(20)7-14(12)16/h9,13,15-17,20H,3-8H2,1-2H3/t13-,15-,16-,17-/m0/s1. The minimum absolute atomic E-state index is 0.0714. The van der Waals surface area contributed by atoms with E-state index >= 15 is 0 Å². The Morgan fingerprint density at radius 1 is 1.42 bits per heavy atom. The normalized spacial score (nSPS) is 32.6. The Morgan fingerprint density at radius 2 is 2.12 bits per heavy atom. The highest BCUT2D eigenvalue weighted by Crippen LogP contribution is 2.50. The van der Waals surface area contributed by atoms with Gasteiger partial charge in [-0.25, -0.2) is 4.79 Å². The maximum atomic E-state index is 11.9. The van der Waals surface area contributed by atoms with Gasteiger partial charge in [0.15, 0.2) is 0 Å². The number of carbonyl (C=O) groups excluding carboxylic acids is 2. The Labute approximate surface area is 142 Å². The van der Waals surface area contributed by atoms with Gasteiger partial charge in [0.25, 0.3) is 0 Å². The SMILES string of the molecule is C=C1[C@H]2C(=C(COC(=O)C(C)C)CC[C@H]3C(=C)C(=O)O[C@H]23)C[C@@H]1O. The van der Waals surface area contributed by atoms with Gasteiger partial charge in [-0.15, -0.1) is 0 Å². The maximum Gasteiger partial charge on any atom is 0.334 e. The van der Waals surface area contributed by atoms with Gasteiger partial charge in [0.05, 0.1) is 12.0 Å². The van der Waals surface area contributed by atoms with Crippen LogP contribution in [0.4, 0.5) is 0 Å². The van der Waals surface area contributed by atoms with Crippen molar-refractivity contribution in [1.29, 1.82) is 0 Å². The second-order valence-electron chi connectivity index (χ2n) is 7.20. The Kier molecular flexibility index (Phi) is 4.38. The zero-order valence-electron chi connectivity index (χ0n) is 14.2. The van der Waals surface area contributed by atoms with Crippen molar-refractivity contribution in [2.24, 2.45) is 17.8 Å². The van der Waals surface area contributed by atoms with Crippen molar-refractivity contribution in [2.45, 2.75) is 45.3 Å². The summed E-state index contributed by atoms with van der Waals surface area (Å²) in [6.45, 7) is 11.7. The summed E-state index contributed by atoms with van der Waals surface area (Å²) in [6.07, 6.45) is 0.905. The molecule has 1 N–H and O–H groups in total. The van der Waals surface area contributed by atoms with E-state index < -0.39 is 6.10 Å². The van der Waals surface area contributed by atoms with Crippen LogP contribution in [-0.2, 0) is 19.1 Å². The molecule has 0 aromatic rings. The molecule has 0 spiro atoms. The summed E-state index contributed by atoms with van der Waals surface area (Å²) in [5, 5.41) is 10.3. The zero-order valence-corrected chi connectivity index (χ0v) is 14.2. The summed E-state index contributed by atoms with van der Waals surface area (Å²) < 4.78 is 11.0. The molecule has 1 saturated heterocycles. The monoisotopic (exact) mass is 332 g/mol. The van der Waals surface area contributed by atoms with Gasteiger partial charge in [-0.1, -0.05) is 32.6 Å². The van der Waals surface area contributed by atoms with E-state index in [1.165, 1.54) is 0 Å². The molecule has 2 fully saturated rings. The quantitative estimate of drug-likeness (QED) is 0.488. The van der Waals surface area contributed by atoms with E-state index in [1.54, 1.807) is 13.8 Å². The number of rotatable bonds is 3. The van der Waals surface area contributed by atoms with Crippen molar-refractivity contribution in [1.82, 2.24) is 0 Å². The summed E-state index contributed by atoms with van der Waals surface area (Å²) in [7, 11) is 0. The van der Waals surface area contributed by atoms with Crippen LogP contribution in [0.1, 0.15) is 33.1 Å². The van der Waals surface area contributed by atoms with Crippen LogP contribution in [0.25, 0.3) is 0 Å². The van der Waals surface area contributed by atoms with Crippen LogP contribution in [0.15, 0.2) is 35.5 Å². The van der Waals surface area contributed by atoms with Gasteiger partial charge in [0, 0.05) is 17.4 Å². The Morgan fingerprint density at radius 3 is 2.79 bits per heavy atom. The van der Waals surface area contributed by atoms with Crippen molar-refractivity contribution in [3.63, 3.8) is 0 Å². The Hall–Kier alpha value is -1.88. The third-order valence-electron chi connectivity index (χ3n) is 5.37. The molecule has 130 valence electrons. The molecule has 24 heavy (non-hydrogen) atoms. The molecule has 5 heteroatoms. The van der Waals surface area contributed by atoms with Gasteiger partial charge in [-0.2, -0.15) is 0 Å². The van der Waals surface area contributed by atoms with Gasteiger partial charge in [0.2, 0.25) is 0 Å². The summed E-state index contributed by atoms with van der Waals surface area (Å²) in [5.74, 6) is -1.05. The van der Waals surface area contributed by atoms with E-state index in [0.717, 1.165) is 17.6 Å². The number of hydrogen-bond donors (Lipinski definition) is 1. The second-order valence-corrected chi connectivity index (χ2v) is 7.20. The first-order valence-corrected chi connectivity index (χ1v) is 8.45. The number of fused-ring (bicyclic) bond motifs is 3. The average Bonchev–Trinajstić information content (AvgIpc) is 2.91. The van der Waals surface area contributed by atoms with Gasteiger partial charge in [-0.05, 0) is 30.4 Å². The number of carbonyl (C=O) groups is 2. The third kappa shape index (κ3) is 2.71. The first kappa shape index (κ1) is 17.0. The smallest absolute Gasteiger partial charge is 0.334 e. The molecule has 0 aromatic carbocycles. The van der Waals surface area contributed by atoms with Crippen molar-refractivity contribution < 1.29 is 24.2 Å². The van der Waals surface area contributed by atoms with E-state index in [9.17, 15) is 14.7 Å². The van der Waals surface area contributed by atoms with Crippen LogP contribution >= 0.6 is 0 Å². The highest BCUT2D eigenvalue weighted by molar-refractivity contribution is 5.91. The molecule has 1 saturated carbocycles. The first-order valence-electron chi connectivity index (χ1n) is 8.45. The number of esters is 2. The Bertz CT molecular complexity index is 642. The topological polar surface area (TPSA) is 72.8 Å². The third-order valence-corrected chi connectivity index (χ3v) is 5.37. The minimum atomic E-state index is -0.646. The van der Waals surface area contributed by atoms with Crippen molar-refractivity contribution >= 4 is 11.9 Å². The lowest BCUT2D eigenvalue weighted by Crippen LogP contribution is -2.27. The molecule has 3 aliphatic rings. The van der Waals surface area contributed by atoms with Gasteiger partial charge in [-0.3, -0.25) is 4.79 Å². The number of aliphatic hydroxyl groups excluding tert-OH is 1. The van der Waals surface area contributed by atoms with Crippen LogP contribution in [0.3, 0.4) is 0 Å². The van der Waals surface area contributed by atoms with E-state index in [0.29, 0.717) is 24.0 Å². The Balaban J connectivity index is 1.90. The van der Waals surface area contributed by atoms with Crippen molar-refractivity contribution in [3.05, 3.63) is 35.5 Å². The summed E-state index contributed by atoms with van der Waals surface area (Å²) in [4.78, 5) is 23.7. The lowest BCUT2D eigenvalue weighted by Gasteiger charge is -2.23. The van der Waals surface area contributed by atoms with E-state index in [4.69, 9.17) is 9.47 Å². The second kappa shape index (κ2) is 6.20. The molecule has 3 rings (SSSR count). The van der Waals surface area contributed by atoms with Crippen LogP contribution in [-0.4, -0.2) is 35.9 Å². The number of hydrogen-bond acceptors (Lipinski definition) is 5. The van der Waals surface area contributed by atoms with Crippen LogP contribution in [0.5, 0.6) is 0 Å². The molecular weight excluding hydrogens is 308 g/mol. The van der Waals surface area contributed by atoms with Crippen molar-refractivity contribution in [2.75, 3.05) is 6.61 Å². The molecule has 2 aliphatic carbocycles. The minimum Gasteiger partial charge on any atom is -0.461 e. The lowest BCUT2D eigenvalue weighted by atomic mass is 9.84. The van der Waals surface area contributed by atoms with Crippen molar-refractivity contribution in [3.8, 4) is 0 Å². The predicted octanol–water partition coefficient (Wildman–Crippen LogP) is 2.31. The molecular formula is C19H24O5. The summed E-state index contributed by atoms with van der Waals surface area (Å²) in [5.41, 5.74) is 3.20. The number of ether oxygens (including phenoxy) is 2. The highest BCUT2D eigenvalue weighted by atomic mass is 16.6. The lowest BCUT2D eigenvalue weighted by molar-refractivity contribution is -0.146. The fourth-order valence-electron chi connectivity index (χ4n) is 3.92. The van der Waals surface area contributed by atoms with E-state index in [-0.39, 0.29) is 42.4 Å². The van der Waals surface area contributed by atoms with Crippen LogP contribution in [0, 0.1) is 17.8 Å². The fraction of sp³-hybridized carbons (Fsp3) is 0.579. The molecule has 1 aliphatic heterocycles. The van der Waals surface area contributed by atoms with Crippen LogP contribution in [0.2, 0.25) is 0 Å². The molecule has 4 atom stereocenters. The molecule has 0 bridgehead atoms. The average molecular weight is 332 g/mol. The van der Waals surface area contributed by atoms with Gasteiger partial charge in [0.1, 0.15) is 12.7 Å². The maximum absolute atomic E-state index is 11.9. The van der Waals surface area contributed by atoms with E-state index in [2.05, 4.69) is 13.2 Å². The largest absolute Gasteiger partial charge is 0.461 e. The summed E-state index contributed by atoms with van der Waals surface area (Å²) in [6, 6.07) is 0. The molecule has 5 nitrogen and oxygen atoms in total. The highest BCUT2D eigenvalue weighted by Gasteiger charge is 2.50. The molecule has 1 heterocycles. The van der Waals surface area contributed by atoms with Crippen LogP contribution < -0.4 is 0 Å². The summed E-state index contributed by atoms with van der Waals surface area (Å²) >= 11 is 0. The van der Waals surface area contributed by atoms with Gasteiger partial charge >= 0.3 is 11.9 Å². The van der Waals surface area contributed by atoms with E-state index in [1.807, 2.05) is 0 Å². The van der Waals surface area contributed by atoms with Gasteiger partial charge < -0.3 is 14.6 Å². The molecule has 0 unspecified atom stereocenters. The zero-order chi connectivity index (χ0) is 17.6. The number of aliphatic hydroxyl groups is 1. The molecule has 0 radical (unpaired) electrons. The fourth-order valence-corrected chi connectivity index (χ4v) is 3.92. The molecule has 0 aromatic heterocycles. The first-order chi connectivity index (χ1) is 11.3. The molecule has 0 amide bonds. The predicted molar refractivity (Wildman–Crippen MR) is 87.8 cm³/mol.